The molecule has 120 valence electrons. The second-order valence-electron chi connectivity index (χ2n) is 4.97. The van der Waals surface area contributed by atoms with E-state index in [1.807, 2.05) is 0 Å². The fourth-order valence-corrected chi connectivity index (χ4v) is 2.33. The first kappa shape index (κ1) is 16.0. The van der Waals surface area contributed by atoms with Crippen molar-refractivity contribution in [2.24, 2.45) is 0 Å². The number of morpholine rings is 1. The van der Waals surface area contributed by atoms with E-state index in [2.05, 4.69) is 4.98 Å². The molecule has 0 aliphatic carbocycles. The number of carboxylic acid groups (broad SMARTS) is 1. The van der Waals surface area contributed by atoms with E-state index in [9.17, 15) is 19.2 Å². The highest BCUT2D eigenvalue weighted by Crippen LogP contribution is 2.12. The number of rotatable bonds is 5. The predicted molar refractivity (Wildman–Crippen MR) is 74.5 cm³/mol. The number of H-pyrrole nitrogens is 1. The van der Waals surface area contributed by atoms with Crippen molar-refractivity contribution in [3.63, 3.8) is 0 Å². The largest absolute Gasteiger partial charge is 0.481 e. The minimum Gasteiger partial charge on any atom is -0.481 e. The number of aryl methyl sites for hydroxylation is 1. The number of carbonyl (C=O) groups excluding carboxylic acids is 1. The van der Waals surface area contributed by atoms with Crippen LogP contribution in [0.1, 0.15) is 12.8 Å². The molecule has 1 saturated heterocycles. The van der Waals surface area contributed by atoms with Crippen molar-refractivity contribution in [2.45, 2.75) is 25.4 Å². The molecule has 2 heterocycles. The summed E-state index contributed by atoms with van der Waals surface area (Å²) in [5.41, 5.74) is -1.08. The van der Waals surface area contributed by atoms with E-state index in [4.69, 9.17) is 9.84 Å². The van der Waals surface area contributed by atoms with Gasteiger partial charge in [-0.05, 0) is 0 Å². The molecule has 0 saturated carbocycles. The number of aliphatic carboxylic acids is 1. The number of carboxylic acids is 1. The van der Waals surface area contributed by atoms with Gasteiger partial charge in [-0.2, -0.15) is 0 Å². The molecular weight excluding hydrogens is 294 g/mol. The first-order valence-corrected chi connectivity index (χ1v) is 6.86. The molecule has 0 aromatic carbocycles. The van der Waals surface area contributed by atoms with E-state index in [1.165, 1.54) is 21.7 Å². The van der Waals surface area contributed by atoms with Crippen LogP contribution in [-0.4, -0.2) is 57.2 Å². The summed E-state index contributed by atoms with van der Waals surface area (Å²) in [6, 6.07) is 0.708. The molecule has 2 rings (SSSR count). The number of aromatic amines is 1. The third kappa shape index (κ3) is 4.04. The van der Waals surface area contributed by atoms with E-state index in [0.717, 1.165) is 0 Å². The molecule has 0 spiro atoms. The number of nitrogens with zero attached hydrogens (tertiary/aromatic N) is 2. The van der Waals surface area contributed by atoms with Crippen molar-refractivity contribution in [3.05, 3.63) is 33.1 Å². The normalized spacial score (nSPS) is 18.2. The van der Waals surface area contributed by atoms with E-state index >= 15 is 0 Å². The molecule has 1 aliphatic rings. The van der Waals surface area contributed by atoms with Crippen LogP contribution in [0.3, 0.4) is 0 Å². The number of aromatic nitrogens is 2. The fourth-order valence-electron chi connectivity index (χ4n) is 2.33. The molecule has 9 nitrogen and oxygen atoms in total. The Labute approximate surface area is 125 Å². The minimum atomic E-state index is -0.995. The van der Waals surface area contributed by atoms with E-state index in [0.29, 0.717) is 13.2 Å². The Hall–Kier alpha value is -2.42. The van der Waals surface area contributed by atoms with Gasteiger partial charge in [0.05, 0.1) is 25.7 Å². The zero-order chi connectivity index (χ0) is 16.1. The van der Waals surface area contributed by atoms with Crippen molar-refractivity contribution >= 4 is 11.9 Å². The van der Waals surface area contributed by atoms with Crippen LogP contribution in [0.25, 0.3) is 0 Å². The highest BCUT2D eigenvalue weighted by molar-refractivity contribution is 5.77. The van der Waals surface area contributed by atoms with Crippen molar-refractivity contribution in [3.8, 4) is 0 Å². The SMILES string of the molecule is O=C(O)C[C@@H]1COCCN1C(=O)CCn1ccc(=O)[nH]c1=O. The van der Waals surface area contributed by atoms with Crippen LogP contribution in [0.15, 0.2) is 21.9 Å². The number of nitrogens with one attached hydrogen (secondary N) is 1. The third-order valence-electron chi connectivity index (χ3n) is 3.42. The lowest BCUT2D eigenvalue weighted by molar-refractivity contribution is -0.146. The van der Waals surface area contributed by atoms with Crippen LogP contribution >= 0.6 is 0 Å². The van der Waals surface area contributed by atoms with Gasteiger partial charge in [-0.15, -0.1) is 0 Å². The standard InChI is InChI=1S/C13H17N3O6/c17-10-1-3-15(13(21)14-10)4-2-11(18)16-5-6-22-8-9(16)7-12(19)20/h1,3,9H,2,4-8H2,(H,19,20)(H,14,17,21)/t9-/m1/s1. The van der Waals surface area contributed by atoms with Crippen molar-refractivity contribution in [1.82, 2.24) is 14.5 Å². The van der Waals surface area contributed by atoms with Gasteiger partial charge in [-0.1, -0.05) is 0 Å². The Morgan fingerprint density at radius 2 is 2.18 bits per heavy atom. The highest BCUT2D eigenvalue weighted by Gasteiger charge is 2.28. The Morgan fingerprint density at radius 1 is 1.41 bits per heavy atom. The number of hydrogen-bond acceptors (Lipinski definition) is 5. The smallest absolute Gasteiger partial charge is 0.328 e. The minimum absolute atomic E-state index is 0.0437. The lowest BCUT2D eigenvalue weighted by Crippen LogP contribution is -2.49. The van der Waals surface area contributed by atoms with E-state index < -0.39 is 23.3 Å². The Bertz CT molecular complexity index is 664. The van der Waals surface area contributed by atoms with Gasteiger partial charge in [-0.3, -0.25) is 19.4 Å². The van der Waals surface area contributed by atoms with Gasteiger partial charge >= 0.3 is 11.7 Å². The zero-order valence-electron chi connectivity index (χ0n) is 11.9. The summed E-state index contributed by atoms with van der Waals surface area (Å²) >= 11 is 0. The molecule has 1 fully saturated rings. The number of hydrogen-bond donors (Lipinski definition) is 2. The van der Waals surface area contributed by atoms with Gasteiger partial charge in [0.15, 0.2) is 0 Å². The Morgan fingerprint density at radius 3 is 2.86 bits per heavy atom. The average Bonchev–Trinajstić information content (AvgIpc) is 2.46. The summed E-state index contributed by atoms with van der Waals surface area (Å²) in [5.74, 6) is -1.24. The van der Waals surface area contributed by atoms with Gasteiger partial charge in [0.2, 0.25) is 5.91 Å². The molecule has 22 heavy (non-hydrogen) atoms. The molecule has 1 aliphatic heterocycles. The molecule has 0 radical (unpaired) electrons. The summed E-state index contributed by atoms with van der Waals surface area (Å²) in [5, 5.41) is 8.86. The van der Waals surface area contributed by atoms with Crippen molar-refractivity contribution in [2.75, 3.05) is 19.8 Å². The maximum absolute atomic E-state index is 12.2. The van der Waals surface area contributed by atoms with Crippen molar-refractivity contribution < 1.29 is 19.4 Å². The maximum Gasteiger partial charge on any atom is 0.328 e. The number of ether oxygens (including phenoxy) is 1. The van der Waals surface area contributed by atoms with E-state index in [1.54, 1.807) is 0 Å². The van der Waals surface area contributed by atoms with Crippen LogP contribution in [0.5, 0.6) is 0 Å². The lowest BCUT2D eigenvalue weighted by atomic mass is 10.1. The Balaban J connectivity index is 1.99. The summed E-state index contributed by atoms with van der Waals surface area (Å²) in [6.45, 7) is 1.00. The second kappa shape index (κ2) is 7.03. The zero-order valence-corrected chi connectivity index (χ0v) is 11.9. The molecule has 1 amide bonds. The molecule has 0 unspecified atom stereocenters. The first-order chi connectivity index (χ1) is 10.5. The summed E-state index contributed by atoms with van der Waals surface area (Å²) in [4.78, 5) is 49.1. The second-order valence-corrected chi connectivity index (χ2v) is 4.97. The van der Waals surface area contributed by atoms with Gasteiger partial charge in [-0.25, -0.2) is 4.79 Å². The van der Waals surface area contributed by atoms with Gasteiger partial charge in [0.25, 0.3) is 5.56 Å². The monoisotopic (exact) mass is 311 g/mol. The van der Waals surface area contributed by atoms with Gasteiger partial charge in [0.1, 0.15) is 0 Å². The van der Waals surface area contributed by atoms with Gasteiger partial charge < -0.3 is 19.3 Å². The fraction of sp³-hybridized carbons (Fsp3) is 0.538. The molecule has 0 bridgehead atoms. The quantitative estimate of drug-likeness (QED) is 0.692. The van der Waals surface area contributed by atoms with Crippen LogP contribution in [-0.2, 0) is 20.9 Å². The molecule has 2 N–H and O–H groups in total. The highest BCUT2D eigenvalue weighted by atomic mass is 16.5. The molecular formula is C13H17N3O6. The first-order valence-electron chi connectivity index (χ1n) is 6.86. The third-order valence-corrected chi connectivity index (χ3v) is 3.42. The summed E-state index contributed by atoms with van der Waals surface area (Å²) < 4.78 is 6.43. The summed E-state index contributed by atoms with van der Waals surface area (Å²) in [6.07, 6.45) is 1.19. The van der Waals surface area contributed by atoms with Crippen LogP contribution < -0.4 is 11.2 Å². The molecule has 1 aromatic rings. The maximum atomic E-state index is 12.2. The van der Waals surface area contributed by atoms with Gasteiger partial charge in [0, 0.05) is 31.8 Å². The topological polar surface area (TPSA) is 122 Å². The van der Waals surface area contributed by atoms with Crippen LogP contribution in [0.4, 0.5) is 0 Å². The number of carbonyl (C=O) groups is 2. The molecule has 1 aromatic heterocycles. The Kier molecular flexibility index (Phi) is 5.10. The number of amides is 1. The van der Waals surface area contributed by atoms with Crippen molar-refractivity contribution in [1.29, 1.82) is 0 Å². The average molecular weight is 311 g/mol. The molecule has 1 atom stereocenters. The van der Waals surface area contributed by atoms with Crippen LogP contribution in [0.2, 0.25) is 0 Å². The van der Waals surface area contributed by atoms with E-state index in [-0.39, 0.29) is 31.9 Å². The van der Waals surface area contributed by atoms with Crippen LogP contribution in [0, 0.1) is 0 Å². The summed E-state index contributed by atoms with van der Waals surface area (Å²) in [7, 11) is 0. The molecule has 9 heteroatoms. The predicted octanol–water partition coefficient (Wildman–Crippen LogP) is -1.37. The lowest BCUT2D eigenvalue weighted by Gasteiger charge is -2.35.